The van der Waals surface area contributed by atoms with Crippen LogP contribution in [-0.2, 0) is 13.1 Å². The minimum atomic E-state index is 0.563. The molecule has 2 atom stereocenters. The number of carbonyl (C=O) groups is 1. The van der Waals surface area contributed by atoms with Crippen molar-refractivity contribution in [1.29, 1.82) is 0 Å². The molecule has 2 aromatic heterocycles. The van der Waals surface area contributed by atoms with E-state index >= 15 is 0 Å². The van der Waals surface area contributed by atoms with Crippen molar-refractivity contribution < 1.29 is 4.79 Å². The Morgan fingerprint density at radius 2 is 0.576 bits per heavy atom. The average molecular weight is 1230 g/mol. The summed E-state index contributed by atoms with van der Waals surface area (Å²) in [5.74, 6) is 1.19. The van der Waals surface area contributed by atoms with Crippen molar-refractivity contribution in [2.75, 3.05) is 0 Å². The second-order valence-corrected chi connectivity index (χ2v) is 29.6. The molecule has 0 spiro atoms. The minimum absolute atomic E-state index is 0.563. The SMILES string of the molecule is CCCCCCCCCCCCC(CCCCCCCCCC)Cn1c2ccc3cccc4c5cccc6c(-c7cc8c9c%10c7cccc%10c7cccc%10c(C=O)cc(c9c%107)n8CC(CCCCCCCCCC)CCCCCCCCCCCC)cc1c(c65)c2c34. The first-order chi connectivity index (χ1) is 45.6. The smallest absolute Gasteiger partial charge is 0.150 e. The van der Waals surface area contributed by atoms with Crippen LogP contribution in [0.15, 0.2) is 103 Å². The van der Waals surface area contributed by atoms with E-state index in [0.29, 0.717) is 11.8 Å². The van der Waals surface area contributed by atoms with Gasteiger partial charge in [0.1, 0.15) is 0 Å². The summed E-state index contributed by atoms with van der Waals surface area (Å²) < 4.78 is 5.63. The van der Waals surface area contributed by atoms with Crippen LogP contribution in [0.4, 0.5) is 0 Å². The van der Waals surface area contributed by atoms with Crippen LogP contribution in [0.5, 0.6) is 0 Å². The maximum atomic E-state index is 13.5. The van der Waals surface area contributed by atoms with Gasteiger partial charge in [-0.1, -0.05) is 338 Å². The first-order valence-electron chi connectivity index (χ1n) is 38.9. The van der Waals surface area contributed by atoms with E-state index in [0.717, 1.165) is 30.3 Å². The molecule has 0 saturated heterocycles. The number of aromatic nitrogens is 2. The third-order valence-electron chi connectivity index (χ3n) is 22.9. The molecule has 0 fully saturated rings. The zero-order valence-corrected chi connectivity index (χ0v) is 58.0. The number of unbranched alkanes of at least 4 members (excludes halogenated alkanes) is 32. The van der Waals surface area contributed by atoms with E-state index in [4.69, 9.17) is 0 Å². The number of hydrogen-bond acceptors (Lipinski definition) is 1. The molecular weight excluding hydrogens is 1110 g/mol. The van der Waals surface area contributed by atoms with E-state index in [1.54, 1.807) is 0 Å². The van der Waals surface area contributed by atoms with Gasteiger partial charge in [0, 0.05) is 61.9 Å². The van der Waals surface area contributed by atoms with Gasteiger partial charge in [0.2, 0.25) is 0 Å². The van der Waals surface area contributed by atoms with Gasteiger partial charge in [-0.15, -0.1) is 0 Å². The largest absolute Gasteiger partial charge is 0.340 e. The molecule has 10 aromatic carbocycles. The van der Waals surface area contributed by atoms with Gasteiger partial charge in [-0.05, 0) is 121 Å². The number of rotatable bonds is 46. The Morgan fingerprint density at radius 1 is 0.283 bits per heavy atom. The number of benzene rings is 10. The average Bonchev–Trinajstić information content (AvgIpc) is 1.46. The Hall–Kier alpha value is -5.93. The highest BCUT2D eigenvalue weighted by atomic mass is 16.1. The fourth-order valence-electron chi connectivity index (χ4n) is 17.9. The summed E-state index contributed by atoms with van der Waals surface area (Å²) in [6.07, 6.45) is 55.6. The number of fused-ring (bicyclic) bond motifs is 2. The predicted octanol–water partition coefficient (Wildman–Crippen LogP) is 29.0. The summed E-state index contributed by atoms with van der Waals surface area (Å²) in [6.45, 7) is 11.4. The Kier molecular flexibility index (Phi) is 23.7. The van der Waals surface area contributed by atoms with Crippen LogP contribution in [0, 0.1) is 11.8 Å². The summed E-state index contributed by atoms with van der Waals surface area (Å²) >= 11 is 0. The van der Waals surface area contributed by atoms with Crippen LogP contribution in [0.25, 0.3) is 119 Å². The zero-order valence-electron chi connectivity index (χ0n) is 58.0. The number of nitrogens with zero attached hydrogens (tertiary/aromatic N) is 2. The second-order valence-electron chi connectivity index (χ2n) is 29.6. The molecule has 92 heavy (non-hydrogen) atoms. The van der Waals surface area contributed by atoms with Gasteiger partial charge >= 0.3 is 0 Å². The molecule has 3 nitrogen and oxygen atoms in total. The molecule has 0 saturated carbocycles. The maximum Gasteiger partial charge on any atom is 0.150 e. The van der Waals surface area contributed by atoms with Gasteiger partial charge in [-0.3, -0.25) is 4.79 Å². The van der Waals surface area contributed by atoms with Gasteiger partial charge < -0.3 is 9.13 Å². The fourth-order valence-corrected chi connectivity index (χ4v) is 17.9. The minimum Gasteiger partial charge on any atom is -0.340 e. The third-order valence-corrected chi connectivity index (χ3v) is 22.9. The molecule has 12 aromatic rings. The van der Waals surface area contributed by atoms with Crippen molar-refractivity contribution in [3.8, 4) is 11.1 Å². The molecule has 0 bridgehead atoms. The van der Waals surface area contributed by atoms with Crippen molar-refractivity contribution in [2.24, 2.45) is 11.8 Å². The topological polar surface area (TPSA) is 26.9 Å². The molecule has 2 heterocycles. The highest BCUT2D eigenvalue weighted by Gasteiger charge is 2.29. The van der Waals surface area contributed by atoms with Crippen molar-refractivity contribution in [1.82, 2.24) is 9.13 Å². The van der Waals surface area contributed by atoms with Crippen molar-refractivity contribution in [2.45, 2.75) is 298 Å². The number of hydrogen-bond donors (Lipinski definition) is 0. The number of aldehydes is 1. The molecule has 12 rings (SSSR count). The molecule has 0 radical (unpaired) electrons. The van der Waals surface area contributed by atoms with Crippen molar-refractivity contribution >= 4 is 115 Å². The quantitative estimate of drug-likeness (QED) is 0.0162. The van der Waals surface area contributed by atoms with Crippen molar-refractivity contribution in [3.63, 3.8) is 0 Å². The van der Waals surface area contributed by atoms with Gasteiger partial charge in [-0.25, -0.2) is 0 Å². The Balaban J connectivity index is 0.970. The highest BCUT2D eigenvalue weighted by Crippen LogP contribution is 2.54. The number of carbonyl (C=O) groups excluding carboxylic acids is 1. The van der Waals surface area contributed by atoms with E-state index in [-0.39, 0.29) is 0 Å². The van der Waals surface area contributed by atoms with Crippen LogP contribution in [0.2, 0.25) is 0 Å². The lowest BCUT2D eigenvalue weighted by Crippen LogP contribution is -2.12. The lowest BCUT2D eigenvalue weighted by molar-refractivity contribution is 0.112. The first kappa shape index (κ1) is 66.1. The highest BCUT2D eigenvalue weighted by molar-refractivity contribution is 6.44. The van der Waals surface area contributed by atoms with Crippen LogP contribution in [-0.4, -0.2) is 15.4 Å². The zero-order chi connectivity index (χ0) is 63.0. The van der Waals surface area contributed by atoms with Gasteiger partial charge in [0.25, 0.3) is 0 Å². The van der Waals surface area contributed by atoms with E-state index in [2.05, 4.69) is 140 Å². The fraction of sp³-hybridized carbons (Fsp3) is 0.539. The van der Waals surface area contributed by atoms with E-state index in [9.17, 15) is 4.79 Å². The molecule has 488 valence electrons. The van der Waals surface area contributed by atoms with Crippen LogP contribution in [0.3, 0.4) is 0 Å². The normalized spacial score (nSPS) is 13.3. The van der Waals surface area contributed by atoms with Crippen molar-refractivity contribution in [3.05, 3.63) is 109 Å². The summed E-state index contributed by atoms with van der Waals surface area (Å²) in [4.78, 5) is 13.5. The standard InChI is InChI=1S/C89H116N2O/c1-5-9-13-17-21-25-27-31-35-38-46-65(45-37-33-29-23-19-15-11-7-3)62-90-78-58-57-67-49-41-51-70-71-53-43-55-74-76(60-80(90)88(84(71)74)86(78)82(67)70)77-61-81-89-85-73(54-44-56-75(77)85)72-52-42-50-69-68(64-92)59-79(87(89)83(69)72)91(81)63-66(47-39-34-30-24-20-16-12-8-4)48-40-36-32-28-26-22-18-14-10-6-2/h41-44,49-61,64-66H,5-40,45-48,62-63H2,1-4H3. The summed E-state index contributed by atoms with van der Waals surface area (Å²) in [6, 6.07) is 41.0. The van der Waals surface area contributed by atoms with E-state index in [1.807, 2.05) is 0 Å². The van der Waals surface area contributed by atoms with Gasteiger partial charge in [0.05, 0.1) is 16.6 Å². The molecular formula is C89H116N2O. The lowest BCUT2D eigenvalue weighted by Gasteiger charge is -2.21. The Bertz CT molecular complexity index is 4180. The van der Waals surface area contributed by atoms with Gasteiger partial charge in [-0.2, -0.15) is 0 Å². The van der Waals surface area contributed by atoms with Crippen LogP contribution in [0.1, 0.15) is 295 Å². The molecule has 0 aliphatic heterocycles. The van der Waals surface area contributed by atoms with E-state index < -0.39 is 0 Å². The Labute approximate surface area is 554 Å². The second kappa shape index (κ2) is 33.0. The summed E-state index contributed by atoms with van der Waals surface area (Å²) in [5.41, 5.74) is 8.97. The summed E-state index contributed by atoms with van der Waals surface area (Å²) in [7, 11) is 0. The first-order valence-corrected chi connectivity index (χ1v) is 38.9. The molecule has 0 N–H and O–H groups in total. The van der Waals surface area contributed by atoms with E-state index in [1.165, 1.54) is 371 Å². The van der Waals surface area contributed by atoms with Crippen LogP contribution >= 0.6 is 0 Å². The molecule has 0 amide bonds. The summed E-state index contributed by atoms with van der Waals surface area (Å²) in [5, 5.41) is 21.7. The maximum absolute atomic E-state index is 13.5. The molecule has 0 aliphatic carbocycles. The molecule has 3 heteroatoms. The molecule has 2 unspecified atom stereocenters. The third kappa shape index (κ3) is 14.3. The predicted molar refractivity (Wildman–Crippen MR) is 407 cm³/mol. The van der Waals surface area contributed by atoms with Gasteiger partial charge in [0.15, 0.2) is 6.29 Å². The monoisotopic (exact) mass is 1230 g/mol. The Morgan fingerprint density at radius 3 is 0.957 bits per heavy atom. The van der Waals surface area contributed by atoms with Crippen LogP contribution < -0.4 is 0 Å². The molecule has 0 aliphatic rings. The lowest BCUT2D eigenvalue weighted by atomic mass is 9.84.